The zero-order valence-electron chi connectivity index (χ0n) is 31.7. The first-order valence-corrected chi connectivity index (χ1v) is 19.5. The van der Waals surface area contributed by atoms with Crippen molar-refractivity contribution in [3.8, 4) is 22.8 Å². The number of ether oxygens (including phenoxy) is 1. The molecule has 0 bridgehead atoms. The molecule has 4 fully saturated rings. The molecular formula is C42H44N10O5. The van der Waals surface area contributed by atoms with E-state index >= 15 is 0 Å². The van der Waals surface area contributed by atoms with Crippen LogP contribution in [0.1, 0.15) is 47.6 Å². The highest BCUT2D eigenvalue weighted by Crippen LogP contribution is 2.36. The van der Waals surface area contributed by atoms with E-state index in [4.69, 9.17) is 15.6 Å². The van der Waals surface area contributed by atoms with Crippen LogP contribution >= 0.6 is 0 Å². The molecule has 3 aromatic carbocycles. The number of nitrogens with zero attached hydrogens (tertiary/aromatic N) is 8. The number of nitrogens with two attached hydrogens (primary N) is 1. The maximum atomic E-state index is 13.3. The molecule has 0 saturated carbocycles. The number of carbonyl (C=O) groups excluding carboxylic acids is 4. The monoisotopic (exact) mass is 768 g/mol. The minimum absolute atomic E-state index is 0.0804. The number of anilines is 2. The van der Waals surface area contributed by atoms with E-state index in [9.17, 15) is 19.2 Å². The third-order valence-electron chi connectivity index (χ3n) is 11.9. The van der Waals surface area contributed by atoms with Crippen LogP contribution in [0.25, 0.3) is 22.3 Å². The highest BCUT2D eigenvalue weighted by atomic mass is 16.5. The Kier molecular flexibility index (Phi) is 9.62. The van der Waals surface area contributed by atoms with Gasteiger partial charge in [-0.3, -0.25) is 39.2 Å². The van der Waals surface area contributed by atoms with Gasteiger partial charge in [-0.2, -0.15) is 5.10 Å². The number of piperidine rings is 2. The summed E-state index contributed by atoms with van der Waals surface area (Å²) >= 11 is 0. The van der Waals surface area contributed by atoms with Crippen molar-refractivity contribution in [1.82, 2.24) is 39.8 Å². The number of fused-ring (bicyclic) bond motifs is 1. The van der Waals surface area contributed by atoms with Gasteiger partial charge in [0, 0.05) is 68.0 Å². The number of amides is 4. The summed E-state index contributed by atoms with van der Waals surface area (Å²) in [7, 11) is 0. The van der Waals surface area contributed by atoms with Crippen molar-refractivity contribution in [2.75, 3.05) is 49.9 Å². The summed E-state index contributed by atoms with van der Waals surface area (Å²) in [6.07, 6.45) is 4.16. The highest BCUT2D eigenvalue weighted by Gasteiger charge is 2.43. The van der Waals surface area contributed by atoms with Crippen LogP contribution in [0, 0.1) is 6.92 Å². The minimum atomic E-state index is -0.998. The molecule has 5 aromatic rings. The van der Waals surface area contributed by atoms with Crippen LogP contribution < -0.4 is 20.7 Å². The van der Waals surface area contributed by atoms with Gasteiger partial charge < -0.3 is 15.4 Å². The van der Waals surface area contributed by atoms with Gasteiger partial charge in [0.1, 0.15) is 35.4 Å². The molecule has 6 heterocycles. The van der Waals surface area contributed by atoms with Crippen LogP contribution in [0.3, 0.4) is 0 Å². The molecule has 292 valence electrons. The van der Waals surface area contributed by atoms with Gasteiger partial charge in [-0.25, -0.2) is 14.6 Å². The van der Waals surface area contributed by atoms with E-state index in [1.165, 1.54) is 6.33 Å². The molecule has 4 aliphatic heterocycles. The number of aromatic nitrogens is 4. The number of para-hydroxylation sites is 1. The Morgan fingerprint density at radius 3 is 2.37 bits per heavy atom. The smallest absolute Gasteiger partial charge is 0.261 e. The van der Waals surface area contributed by atoms with Gasteiger partial charge in [0.05, 0.1) is 11.4 Å². The number of aryl methyl sites for hydroxylation is 1. The van der Waals surface area contributed by atoms with Gasteiger partial charge in [-0.05, 0) is 92.9 Å². The fourth-order valence-electron chi connectivity index (χ4n) is 8.62. The maximum absolute atomic E-state index is 13.3. The summed E-state index contributed by atoms with van der Waals surface area (Å²) in [5.41, 5.74) is 11.0. The lowest BCUT2D eigenvalue weighted by molar-refractivity contribution is -0.139. The largest absolute Gasteiger partial charge is 0.457 e. The number of benzene rings is 3. The van der Waals surface area contributed by atoms with Crippen molar-refractivity contribution in [2.24, 2.45) is 0 Å². The summed E-state index contributed by atoms with van der Waals surface area (Å²) < 4.78 is 8.08. The lowest BCUT2D eigenvalue weighted by Gasteiger charge is -2.55. The zero-order chi connectivity index (χ0) is 39.2. The molecule has 15 heteroatoms. The number of nitrogen functional groups attached to an aromatic ring is 1. The Hall–Kier alpha value is -6.19. The van der Waals surface area contributed by atoms with E-state index < -0.39 is 23.8 Å². The van der Waals surface area contributed by atoms with E-state index in [0.29, 0.717) is 29.9 Å². The number of hydrogen-bond acceptors (Lipinski definition) is 12. The third kappa shape index (κ3) is 6.97. The molecule has 15 nitrogen and oxygen atoms in total. The predicted molar refractivity (Wildman–Crippen MR) is 212 cm³/mol. The van der Waals surface area contributed by atoms with Crippen molar-refractivity contribution in [1.29, 1.82) is 0 Å². The highest BCUT2D eigenvalue weighted by molar-refractivity contribution is 6.07. The van der Waals surface area contributed by atoms with Gasteiger partial charge in [-0.1, -0.05) is 18.2 Å². The molecule has 0 radical (unpaired) electrons. The number of rotatable bonds is 10. The van der Waals surface area contributed by atoms with Gasteiger partial charge in [-0.15, -0.1) is 0 Å². The van der Waals surface area contributed by atoms with E-state index in [1.807, 2.05) is 73.7 Å². The van der Waals surface area contributed by atoms with Crippen molar-refractivity contribution < 1.29 is 23.9 Å². The molecule has 2 aromatic heterocycles. The molecule has 9 rings (SSSR count). The topological polar surface area (TPSA) is 172 Å². The standard InChI is InChI=1S/C42H44N10O5/c1-26-18-28(11-14-34(26)42(56)51(25-53)35-15-16-36(54)46-41(35)55)49-22-31(23-49)50-20-30(21-50)48-17-5-6-29(19-48)52-40-37(39(43)44-24-45-40)38(47-52)27-9-12-33(13-10-27)57-32-7-3-2-4-8-32/h2-4,7-14,18,24-25,29-31,35H,5-6,15-17,19-23H2,1H3,(H2,43,44,45)(H,46,54,55). The van der Waals surface area contributed by atoms with Crippen LogP contribution in [0.4, 0.5) is 11.5 Å². The number of carbonyl (C=O) groups is 4. The second-order valence-corrected chi connectivity index (χ2v) is 15.4. The molecular weight excluding hydrogens is 725 g/mol. The molecule has 4 aliphatic rings. The van der Waals surface area contributed by atoms with Crippen molar-refractivity contribution in [2.45, 2.75) is 56.8 Å². The van der Waals surface area contributed by atoms with Crippen molar-refractivity contribution in [3.63, 3.8) is 0 Å². The van der Waals surface area contributed by atoms with Crippen LogP contribution in [-0.4, -0.2) is 116 Å². The summed E-state index contributed by atoms with van der Waals surface area (Å²) in [6, 6.07) is 23.2. The van der Waals surface area contributed by atoms with Gasteiger partial charge in [0.15, 0.2) is 5.65 Å². The summed E-state index contributed by atoms with van der Waals surface area (Å²) in [5, 5.41) is 8.13. The molecule has 0 spiro atoms. The molecule has 3 N–H and O–H groups in total. The van der Waals surface area contributed by atoms with Gasteiger partial charge >= 0.3 is 0 Å². The first-order valence-electron chi connectivity index (χ1n) is 19.5. The minimum Gasteiger partial charge on any atom is -0.457 e. The quantitative estimate of drug-likeness (QED) is 0.156. The Bertz CT molecular complexity index is 2340. The summed E-state index contributed by atoms with van der Waals surface area (Å²) in [4.78, 5) is 66.5. The van der Waals surface area contributed by atoms with Crippen LogP contribution in [-0.2, 0) is 14.4 Å². The van der Waals surface area contributed by atoms with Crippen molar-refractivity contribution in [3.05, 3.63) is 90.3 Å². The van der Waals surface area contributed by atoms with Gasteiger partial charge in [0.25, 0.3) is 5.91 Å². The number of hydrogen-bond donors (Lipinski definition) is 2. The van der Waals surface area contributed by atoms with Crippen molar-refractivity contribution >= 4 is 46.7 Å². The Morgan fingerprint density at radius 1 is 0.895 bits per heavy atom. The fourth-order valence-corrected chi connectivity index (χ4v) is 8.62. The molecule has 2 atom stereocenters. The zero-order valence-corrected chi connectivity index (χ0v) is 31.7. The maximum Gasteiger partial charge on any atom is 0.261 e. The Balaban J connectivity index is 0.811. The average Bonchev–Trinajstić information content (AvgIpc) is 3.58. The van der Waals surface area contributed by atoms with Gasteiger partial charge in [0.2, 0.25) is 18.2 Å². The first kappa shape index (κ1) is 36.4. The third-order valence-corrected chi connectivity index (χ3v) is 11.9. The second kappa shape index (κ2) is 15.0. The number of likely N-dealkylation sites (tertiary alicyclic amines) is 2. The molecule has 4 amide bonds. The Labute approximate surface area is 329 Å². The molecule has 57 heavy (non-hydrogen) atoms. The molecule has 2 unspecified atom stereocenters. The number of nitrogens with one attached hydrogen (secondary N) is 1. The van der Waals surface area contributed by atoms with Crippen LogP contribution in [0.15, 0.2) is 79.1 Å². The van der Waals surface area contributed by atoms with E-state index in [1.54, 1.807) is 6.07 Å². The first-order chi connectivity index (χ1) is 27.7. The van der Waals surface area contributed by atoms with E-state index in [2.05, 4.69) is 34.7 Å². The second-order valence-electron chi connectivity index (χ2n) is 15.4. The average molecular weight is 769 g/mol. The summed E-state index contributed by atoms with van der Waals surface area (Å²) in [5.74, 6) is 0.349. The molecule has 0 aliphatic carbocycles. The van der Waals surface area contributed by atoms with Crippen LogP contribution in [0.5, 0.6) is 11.5 Å². The fraction of sp³-hybridized carbons (Fsp3) is 0.357. The van der Waals surface area contributed by atoms with E-state index in [0.717, 1.165) is 102 Å². The SMILES string of the molecule is Cc1cc(N2CC(N3CC(N4CCCC(n5nc(-c6ccc(Oc7ccccc7)cc6)c6c(N)ncnc65)C4)C3)C2)ccc1C(=O)N(C=O)C1CCC(=O)NC1=O. The molecule has 4 saturated heterocycles. The lowest BCUT2D eigenvalue weighted by atomic mass is 9.95. The summed E-state index contributed by atoms with van der Waals surface area (Å²) in [6.45, 7) is 7.57. The normalized spacial score (nSPS) is 20.8. The Morgan fingerprint density at radius 2 is 1.63 bits per heavy atom. The number of imide groups is 2. The lowest BCUT2D eigenvalue weighted by Crippen LogP contribution is -2.70. The predicted octanol–water partition coefficient (Wildman–Crippen LogP) is 3.79. The van der Waals surface area contributed by atoms with E-state index in [-0.39, 0.29) is 18.9 Å². The van der Waals surface area contributed by atoms with Crippen LogP contribution in [0.2, 0.25) is 0 Å².